The van der Waals surface area contributed by atoms with E-state index in [1.807, 2.05) is 6.92 Å². The minimum atomic E-state index is -0.867. The molecule has 1 N–H and O–H groups in total. The third-order valence-corrected chi connectivity index (χ3v) is 2.74. The largest absolute Gasteiger partial charge is 0.431 e. The molecule has 1 atom stereocenters. The Bertz CT molecular complexity index is 592. The molecule has 0 bridgehead atoms. The molecule has 0 fully saturated rings. The lowest BCUT2D eigenvalue weighted by molar-refractivity contribution is 0.0951. The molecule has 0 amide bonds. The van der Waals surface area contributed by atoms with Crippen molar-refractivity contribution in [3.8, 4) is 0 Å². The van der Waals surface area contributed by atoms with E-state index in [0.29, 0.717) is 6.54 Å². The molecular weight excluding hydrogens is 240 g/mol. The molecule has 0 saturated carbocycles. The Morgan fingerprint density at radius 2 is 2.11 bits per heavy atom. The van der Waals surface area contributed by atoms with Crippen LogP contribution in [0, 0.1) is 11.8 Å². The molecule has 3 nitrogen and oxygen atoms in total. The number of hydrogen-bond donors (Lipinski definition) is 1. The first-order valence-electron chi connectivity index (χ1n) is 5.69. The predicted molar refractivity (Wildman–Crippen MR) is 63.6 cm³/mol. The van der Waals surface area contributed by atoms with Crippen LogP contribution in [0.1, 0.15) is 24.2 Å². The first kappa shape index (κ1) is 12.7. The molecule has 1 aromatic carbocycles. The number of fused-ring (bicyclic) bond motifs is 1. The van der Waals surface area contributed by atoms with Crippen LogP contribution in [0.25, 0.3) is 11.0 Å². The zero-order valence-electron chi connectivity index (χ0n) is 10.1. The summed E-state index contributed by atoms with van der Waals surface area (Å²) in [6.45, 7) is 4.19. The molecule has 0 aliphatic carbocycles. The number of halogens is 2. The SMILES string of the molecule is CCN[C@@H](C)C(=O)c1cc(F)c2cc(F)oc2c1. The Hall–Kier alpha value is -1.75. The highest BCUT2D eigenvalue weighted by Gasteiger charge is 2.18. The van der Waals surface area contributed by atoms with Crippen molar-refractivity contribution >= 4 is 16.8 Å². The van der Waals surface area contributed by atoms with E-state index < -0.39 is 17.9 Å². The van der Waals surface area contributed by atoms with Gasteiger partial charge in [0.05, 0.1) is 11.4 Å². The molecule has 0 aliphatic rings. The van der Waals surface area contributed by atoms with Crippen molar-refractivity contribution in [2.75, 3.05) is 6.54 Å². The summed E-state index contributed by atoms with van der Waals surface area (Å²) in [6, 6.07) is 2.14. The van der Waals surface area contributed by atoms with Crippen molar-refractivity contribution in [1.29, 1.82) is 0 Å². The van der Waals surface area contributed by atoms with Gasteiger partial charge in [-0.2, -0.15) is 4.39 Å². The van der Waals surface area contributed by atoms with Gasteiger partial charge in [0, 0.05) is 11.6 Å². The Morgan fingerprint density at radius 1 is 1.39 bits per heavy atom. The maximum Gasteiger partial charge on any atom is 0.278 e. The lowest BCUT2D eigenvalue weighted by atomic mass is 10.0. The van der Waals surface area contributed by atoms with Gasteiger partial charge in [-0.1, -0.05) is 6.92 Å². The van der Waals surface area contributed by atoms with Crippen LogP contribution in [0.2, 0.25) is 0 Å². The first-order valence-corrected chi connectivity index (χ1v) is 5.69. The summed E-state index contributed by atoms with van der Waals surface area (Å²) in [5.41, 5.74) is 0.211. The number of Topliss-reactive ketones (excluding diaryl/α,β-unsaturated/α-hetero) is 1. The third-order valence-electron chi connectivity index (χ3n) is 2.74. The van der Waals surface area contributed by atoms with E-state index in [1.165, 1.54) is 6.07 Å². The van der Waals surface area contributed by atoms with Gasteiger partial charge < -0.3 is 9.73 Å². The van der Waals surface area contributed by atoms with Gasteiger partial charge in [0.2, 0.25) is 0 Å². The molecule has 2 aromatic rings. The van der Waals surface area contributed by atoms with Crippen LogP contribution < -0.4 is 5.32 Å². The van der Waals surface area contributed by atoms with E-state index in [4.69, 9.17) is 4.42 Å². The number of carbonyl (C=O) groups excluding carboxylic acids is 1. The van der Waals surface area contributed by atoms with Crippen LogP contribution in [0.4, 0.5) is 8.78 Å². The maximum absolute atomic E-state index is 13.7. The highest BCUT2D eigenvalue weighted by molar-refractivity contribution is 6.02. The van der Waals surface area contributed by atoms with Gasteiger partial charge in [-0.3, -0.25) is 4.79 Å². The van der Waals surface area contributed by atoms with Gasteiger partial charge >= 0.3 is 0 Å². The van der Waals surface area contributed by atoms with Gasteiger partial charge in [-0.25, -0.2) is 4.39 Å². The van der Waals surface area contributed by atoms with Crippen molar-refractivity contribution in [1.82, 2.24) is 5.32 Å². The topological polar surface area (TPSA) is 42.2 Å². The van der Waals surface area contributed by atoms with E-state index in [2.05, 4.69) is 5.32 Å². The highest BCUT2D eigenvalue weighted by atomic mass is 19.1. The standard InChI is InChI=1S/C13H13F2NO2/c1-3-16-7(2)13(17)8-4-10(14)9-6-12(15)18-11(9)5-8/h4-7,16H,3H2,1-2H3/t7-/m0/s1. The molecule has 5 heteroatoms. The van der Waals surface area contributed by atoms with Crippen molar-refractivity contribution in [3.05, 3.63) is 35.6 Å². The molecule has 0 radical (unpaired) electrons. The average molecular weight is 253 g/mol. The van der Waals surface area contributed by atoms with Gasteiger partial charge in [-0.05, 0) is 25.6 Å². The summed E-state index contributed by atoms with van der Waals surface area (Å²) in [7, 11) is 0. The molecule has 0 spiro atoms. The first-order chi connectivity index (χ1) is 8.52. The zero-order valence-corrected chi connectivity index (χ0v) is 10.1. The number of nitrogens with one attached hydrogen (secondary N) is 1. The van der Waals surface area contributed by atoms with E-state index >= 15 is 0 Å². The summed E-state index contributed by atoms with van der Waals surface area (Å²) < 4.78 is 31.3. The number of hydrogen-bond acceptors (Lipinski definition) is 3. The second-order valence-corrected chi connectivity index (χ2v) is 4.06. The zero-order chi connectivity index (χ0) is 13.3. The quantitative estimate of drug-likeness (QED) is 0.852. The molecule has 2 rings (SSSR count). The van der Waals surface area contributed by atoms with Gasteiger partial charge in [0.15, 0.2) is 5.78 Å². The van der Waals surface area contributed by atoms with Crippen molar-refractivity contribution in [3.63, 3.8) is 0 Å². The number of rotatable bonds is 4. The Balaban J connectivity index is 2.42. The lowest BCUT2D eigenvalue weighted by Gasteiger charge is -2.10. The highest BCUT2D eigenvalue weighted by Crippen LogP contribution is 2.23. The van der Waals surface area contributed by atoms with Crippen LogP contribution in [0.15, 0.2) is 22.6 Å². The molecule has 18 heavy (non-hydrogen) atoms. The van der Waals surface area contributed by atoms with E-state index in [-0.39, 0.29) is 22.3 Å². The average Bonchev–Trinajstić information content (AvgIpc) is 2.69. The number of furan rings is 1. The molecule has 1 heterocycles. The second-order valence-electron chi connectivity index (χ2n) is 4.06. The predicted octanol–water partition coefficient (Wildman–Crippen LogP) is 2.89. The van der Waals surface area contributed by atoms with Crippen LogP contribution >= 0.6 is 0 Å². The van der Waals surface area contributed by atoms with Gasteiger partial charge in [-0.15, -0.1) is 0 Å². The summed E-state index contributed by atoms with van der Waals surface area (Å²) in [6.07, 6.45) is 0. The molecular formula is C13H13F2NO2. The Kier molecular flexibility index (Phi) is 3.43. The molecule has 0 aliphatic heterocycles. The second kappa shape index (κ2) is 4.86. The van der Waals surface area contributed by atoms with E-state index in [1.54, 1.807) is 6.92 Å². The van der Waals surface area contributed by atoms with E-state index in [0.717, 1.165) is 12.1 Å². The number of carbonyl (C=O) groups is 1. The fraction of sp³-hybridized carbons (Fsp3) is 0.308. The normalized spacial score (nSPS) is 12.9. The van der Waals surface area contributed by atoms with Crippen molar-refractivity contribution < 1.29 is 18.0 Å². The lowest BCUT2D eigenvalue weighted by Crippen LogP contribution is -2.33. The number of benzene rings is 1. The van der Waals surface area contributed by atoms with Crippen LogP contribution in [0.5, 0.6) is 0 Å². The molecule has 96 valence electrons. The van der Waals surface area contributed by atoms with E-state index in [9.17, 15) is 13.6 Å². The Labute approximate surface area is 103 Å². The van der Waals surface area contributed by atoms with Crippen LogP contribution in [-0.2, 0) is 0 Å². The minimum Gasteiger partial charge on any atom is -0.431 e. The fourth-order valence-electron chi connectivity index (χ4n) is 1.86. The third kappa shape index (κ3) is 2.26. The molecule has 1 aromatic heterocycles. The molecule has 0 saturated heterocycles. The van der Waals surface area contributed by atoms with Crippen molar-refractivity contribution in [2.24, 2.45) is 0 Å². The summed E-state index contributed by atoms with van der Waals surface area (Å²) in [4.78, 5) is 12.0. The number of ketones is 1. The summed E-state index contributed by atoms with van der Waals surface area (Å²) in [5, 5.41) is 2.98. The van der Waals surface area contributed by atoms with Gasteiger partial charge in [0.1, 0.15) is 11.4 Å². The van der Waals surface area contributed by atoms with Crippen LogP contribution in [0.3, 0.4) is 0 Å². The maximum atomic E-state index is 13.7. The molecule has 0 unspecified atom stereocenters. The van der Waals surface area contributed by atoms with Crippen LogP contribution in [-0.4, -0.2) is 18.4 Å². The summed E-state index contributed by atoms with van der Waals surface area (Å²) >= 11 is 0. The summed E-state index contributed by atoms with van der Waals surface area (Å²) in [5.74, 6) is -0.915. The Morgan fingerprint density at radius 3 is 2.78 bits per heavy atom. The van der Waals surface area contributed by atoms with Gasteiger partial charge in [0.25, 0.3) is 6.01 Å². The van der Waals surface area contributed by atoms with Crippen molar-refractivity contribution in [2.45, 2.75) is 19.9 Å². The minimum absolute atomic E-state index is 0.0412. The fourth-order valence-corrected chi connectivity index (χ4v) is 1.86. The monoisotopic (exact) mass is 253 g/mol. The smallest absolute Gasteiger partial charge is 0.278 e. The number of likely N-dealkylation sites (N-methyl/N-ethyl adjacent to an activating group) is 1.